The molecule has 0 saturated heterocycles. The second kappa shape index (κ2) is 5.18. The van der Waals surface area contributed by atoms with Gasteiger partial charge in [-0.15, -0.1) is 0 Å². The lowest BCUT2D eigenvalue weighted by atomic mass is 10.0. The zero-order valence-corrected chi connectivity index (χ0v) is 6.42. The first-order chi connectivity index (χ1) is 5.54. The lowest BCUT2D eigenvalue weighted by molar-refractivity contribution is -0.133. The molecule has 6 nitrogen and oxygen atoms in total. The van der Waals surface area contributed by atoms with E-state index in [1.54, 1.807) is 0 Å². The Morgan fingerprint density at radius 2 is 1.75 bits per heavy atom. The van der Waals surface area contributed by atoms with E-state index in [4.69, 9.17) is 26.2 Å². The monoisotopic (exact) mass is 179 g/mol. The smallest absolute Gasteiger partial charge is 0.182 e. The summed E-state index contributed by atoms with van der Waals surface area (Å²) >= 11 is 0. The molecule has 0 amide bonds. The van der Waals surface area contributed by atoms with Crippen molar-refractivity contribution >= 4 is 5.78 Å². The number of carbonyl (C=O) groups excluding carboxylic acids is 1. The van der Waals surface area contributed by atoms with Crippen molar-refractivity contribution in [2.45, 2.75) is 18.2 Å². The second-order valence-electron chi connectivity index (χ2n) is 2.38. The minimum atomic E-state index is -1.60. The highest BCUT2D eigenvalue weighted by molar-refractivity contribution is 5.88. The fourth-order valence-electron chi connectivity index (χ4n) is 0.615. The lowest BCUT2D eigenvalue weighted by Gasteiger charge is -2.17. The Balaban J connectivity index is 4.09. The van der Waals surface area contributed by atoms with Gasteiger partial charge in [0.05, 0.1) is 25.4 Å². The predicted octanol–water partition coefficient (Wildman–Crippen LogP) is -3.41. The molecule has 0 unspecified atom stereocenters. The van der Waals surface area contributed by atoms with E-state index >= 15 is 0 Å². The Morgan fingerprint density at radius 1 is 1.25 bits per heavy atom. The average molecular weight is 179 g/mol. The van der Waals surface area contributed by atoms with Gasteiger partial charge in [0.1, 0.15) is 6.10 Å². The van der Waals surface area contributed by atoms with Crippen LogP contribution < -0.4 is 5.73 Å². The molecule has 3 atom stereocenters. The first-order valence-corrected chi connectivity index (χ1v) is 3.41. The normalized spacial score (nSPS) is 18.4. The minimum Gasteiger partial charge on any atom is -0.394 e. The first-order valence-electron chi connectivity index (χ1n) is 3.41. The van der Waals surface area contributed by atoms with Crippen molar-refractivity contribution in [3.63, 3.8) is 0 Å². The maximum absolute atomic E-state index is 10.9. The van der Waals surface area contributed by atoms with Crippen LogP contribution in [0.4, 0.5) is 0 Å². The molecule has 72 valence electrons. The van der Waals surface area contributed by atoms with Crippen LogP contribution >= 0.6 is 0 Å². The van der Waals surface area contributed by atoms with E-state index in [-0.39, 0.29) is 0 Å². The molecule has 0 heterocycles. The van der Waals surface area contributed by atoms with Crippen molar-refractivity contribution in [1.82, 2.24) is 0 Å². The van der Waals surface area contributed by atoms with Crippen molar-refractivity contribution in [1.29, 1.82) is 0 Å². The van der Waals surface area contributed by atoms with E-state index in [0.717, 1.165) is 0 Å². The van der Waals surface area contributed by atoms with Crippen LogP contribution in [-0.4, -0.2) is 57.7 Å². The summed E-state index contributed by atoms with van der Waals surface area (Å²) in [6.45, 7) is -1.41. The summed E-state index contributed by atoms with van der Waals surface area (Å²) in [4.78, 5) is 10.9. The highest BCUT2D eigenvalue weighted by Crippen LogP contribution is 1.95. The second-order valence-corrected chi connectivity index (χ2v) is 2.38. The van der Waals surface area contributed by atoms with E-state index in [0.29, 0.717) is 0 Å². The molecule has 0 rings (SSSR count). The van der Waals surface area contributed by atoms with Gasteiger partial charge in [0.2, 0.25) is 0 Å². The molecule has 0 aromatic heterocycles. The number of ketones is 1. The molecule has 0 saturated carbocycles. The van der Waals surface area contributed by atoms with E-state index in [1.807, 2.05) is 0 Å². The molecule has 6 heteroatoms. The predicted molar refractivity (Wildman–Crippen MR) is 39.2 cm³/mol. The fourth-order valence-corrected chi connectivity index (χ4v) is 0.615. The van der Waals surface area contributed by atoms with Crippen LogP contribution in [0.5, 0.6) is 0 Å². The van der Waals surface area contributed by atoms with Gasteiger partial charge in [0.15, 0.2) is 5.78 Å². The standard InChI is InChI=1S/C6H13NO5/c7-5(3(10)1-8)6(12)4(11)2-9/h3-5,8-11H,1-2,7H2/t3-,4-,5-/m1/s1. The first kappa shape index (κ1) is 11.5. The number of aliphatic hydroxyl groups excluding tert-OH is 4. The number of Topliss-reactive ketones (excluding diaryl/α,β-unsaturated/α-hetero) is 1. The molecular weight excluding hydrogens is 166 g/mol. The Kier molecular flexibility index (Phi) is 4.95. The Labute approximate surface area is 69.2 Å². The van der Waals surface area contributed by atoms with E-state index in [1.165, 1.54) is 0 Å². The van der Waals surface area contributed by atoms with Crippen LogP contribution in [0.3, 0.4) is 0 Å². The highest BCUT2D eigenvalue weighted by Gasteiger charge is 2.26. The number of nitrogens with two attached hydrogens (primary N) is 1. The summed E-state index contributed by atoms with van der Waals surface area (Å²) in [6.07, 6.45) is -3.00. The molecule has 0 aromatic rings. The quantitative estimate of drug-likeness (QED) is 0.299. The van der Waals surface area contributed by atoms with Gasteiger partial charge in [-0.2, -0.15) is 0 Å². The van der Waals surface area contributed by atoms with Crippen LogP contribution in [0.2, 0.25) is 0 Å². The largest absolute Gasteiger partial charge is 0.394 e. The summed E-state index contributed by atoms with van der Waals surface area (Å²) < 4.78 is 0. The van der Waals surface area contributed by atoms with E-state index in [9.17, 15) is 4.79 Å². The SMILES string of the molecule is N[C@@H](C(=O)[C@H](O)CO)[C@H](O)CO. The molecule has 12 heavy (non-hydrogen) atoms. The van der Waals surface area contributed by atoms with Crippen LogP contribution in [0.25, 0.3) is 0 Å². The molecule has 0 fully saturated rings. The Bertz CT molecular complexity index is 151. The topological polar surface area (TPSA) is 124 Å². The molecule has 0 aliphatic carbocycles. The number of rotatable bonds is 5. The van der Waals surface area contributed by atoms with Crippen molar-refractivity contribution < 1.29 is 25.2 Å². The van der Waals surface area contributed by atoms with Gasteiger partial charge in [-0.05, 0) is 0 Å². The number of carbonyl (C=O) groups is 1. The summed E-state index contributed by atoms with van der Waals surface area (Å²) in [5.74, 6) is -0.890. The minimum absolute atomic E-state index is 0.662. The van der Waals surface area contributed by atoms with Gasteiger partial charge >= 0.3 is 0 Å². The Morgan fingerprint density at radius 3 is 2.08 bits per heavy atom. The van der Waals surface area contributed by atoms with Crippen molar-refractivity contribution in [3.05, 3.63) is 0 Å². The molecule has 0 radical (unpaired) electrons. The summed E-state index contributed by atoms with van der Waals surface area (Å²) in [5, 5.41) is 34.3. The zero-order chi connectivity index (χ0) is 9.72. The lowest BCUT2D eigenvalue weighted by Crippen LogP contribution is -2.49. The summed E-state index contributed by atoms with van der Waals surface area (Å²) in [5.41, 5.74) is 5.12. The maximum atomic E-state index is 10.9. The van der Waals surface area contributed by atoms with Gasteiger partial charge in [-0.1, -0.05) is 0 Å². The molecular formula is C6H13NO5. The van der Waals surface area contributed by atoms with Crippen molar-refractivity contribution in [2.75, 3.05) is 13.2 Å². The van der Waals surface area contributed by atoms with E-state index < -0.39 is 37.2 Å². The third-order valence-electron chi connectivity index (χ3n) is 1.43. The molecule has 0 aromatic carbocycles. The number of hydrogen-bond acceptors (Lipinski definition) is 6. The summed E-state index contributed by atoms with van der Waals surface area (Å²) in [6, 6.07) is -1.36. The van der Waals surface area contributed by atoms with Gasteiger partial charge < -0.3 is 26.2 Å². The van der Waals surface area contributed by atoms with Gasteiger partial charge in [-0.25, -0.2) is 0 Å². The zero-order valence-electron chi connectivity index (χ0n) is 6.42. The van der Waals surface area contributed by atoms with Crippen molar-refractivity contribution in [2.24, 2.45) is 5.73 Å². The van der Waals surface area contributed by atoms with Gasteiger partial charge in [-0.3, -0.25) is 4.79 Å². The van der Waals surface area contributed by atoms with Crippen LogP contribution in [0.1, 0.15) is 0 Å². The number of hydrogen-bond donors (Lipinski definition) is 5. The third-order valence-corrected chi connectivity index (χ3v) is 1.43. The third kappa shape index (κ3) is 2.84. The van der Waals surface area contributed by atoms with Gasteiger partial charge in [0.25, 0.3) is 0 Å². The van der Waals surface area contributed by atoms with Crippen LogP contribution in [-0.2, 0) is 4.79 Å². The fraction of sp³-hybridized carbons (Fsp3) is 0.833. The molecule has 0 aliphatic rings. The van der Waals surface area contributed by atoms with Gasteiger partial charge in [0, 0.05) is 0 Å². The molecule has 0 aliphatic heterocycles. The van der Waals surface area contributed by atoms with E-state index in [2.05, 4.69) is 0 Å². The van der Waals surface area contributed by atoms with Crippen molar-refractivity contribution in [3.8, 4) is 0 Å². The highest BCUT2D eigenvalue weighted by atomic mass is 16.3. The molecule has 0 bridgehead atoms. The molecule has 6 N–H and O–H groups in total. The number of aliphatic hydroxyl groups is 4. The van der Waals surface area contributed by atoms with Crippen LogP contribution in [0, 0.1) is 0 Å². The maximum Gasteiger partial charge on any atom is 0.182 e. The Hall–Kier alpha value is -0.530. The summed E-state index contributed by atoms with van der Waals surface area (Å²) in [7, 11) is 0. The van der Waals surface area contributed by atoms with Crippen LogP contribution in [0.15, 0.2) is 0 Å². The average Bonchev–Trinajstić information content (AvgIpc) is 2.12. The molecule has 0 spiro atoms.